The maximum Gasteiger partial charge on any atom is 0.310 e. The number of hydrogen-bond acceptors (Lipinski definition) is 6. The molecular formula is C21H20F3N5O. The molecule has 1 aliphatic carbocycles. The third-order valence-electron chi connectivity index (χ3n) is 5.66. The first kappa shape index (κ1) is 20.0. The van der Waals surface area contributed by atoms with Gasteiger partial charge < -0.3 is 15.8 Å². The molecule has 9 heteroatoms. The van der Waals surface area contributed by atoms with Gasteiger partial charge in [-0.05, 0) is 56.0 Å². The minimum Gasteiger partial charge on any atom is -0.448 e. The summed E-state index contributed by atoms with van der Waals surface area (Å²) >= 11 is 0. The number of halogens is 3. The fraction of sp³-hybridized carbons (Fsp3) is 0.381. The highest BCUT2D eigenvalue weighted by molar-refractivity contribution is 5.73. The van der Waals surface area contributed by atoms with E-state index in [1.54, 1.807) is 0 Å². The van der Waals surface area contributed by atoms with Crippen molar-refractivity contribution in [1.82, 2.24) is 4.98 Å². The topological polar surface area (TPSA) is 96.3 Å². The van der Waals surface area contributed by atoms with Crippen LogP contribution in [-0.2, 0) is 16.8 Å². The number of hydrogen-bond donors (Lipinski definition) is 2. The van der Waals surface area contributed by atoms with Crippen molar-refractivity contribution in [3.63, 3.8) is 0 Å². The Morgan fingerprint density at radius 3 is 2.90 bits per heavy atom. The number of nitrogens with zero attached hydrogens (tertiary/aromatic N) is 3. The Balaban J connectivity index is 1.68. The Morgan fingerprint density at radius 1 is 1.33 bits per heavy atom. The third kappa shape index (κ3) is 3.32. The van der Waals surface area contributed by atoms with Gasteiger partial charge in [-0.2, -0.15) is 14.0 Å². The summed E-state index contributed by atoms with van der Waals surface area (Å²) in [6.45, 7) is 0.227. The fourth-order valence-corrected chi connectivity index (χ4v) is 3.95. The van der Waals surface area contributed by atoms with Gasteiger partial charge in [0, 0.05) is 17.4 Å². The van der Waals surface area contributed by atoms with E-state index in [0.29, 0.717) is 11.3 Å². The van der Waals surface area contributed by atoms with Crippen LogP contribution in [0.3, 0.4) is 0 Å². The zero-order valence-electron chi connectivity index (χ0n) is 16.3. The van der Waals surface area contributed by atoms with Crippen molar-refractivity contribution in [1.29, 1.82) is 5.26 Å². The Bertz CT molecular complexity index is 1070. The number of aromatic nitrogens is 1. The lowest BCUT2D eigenvalue weighted by Crippen LogP contribution is -2.53. The van der Waals surface area contributed by atoms with Gasteiger partial charge >= 0.3 is 5.92 Å². The van der Waals surface area contributed by atoms with Crippen LogP contribution in [0.4, 0.5) is 18.9 Å². The van der Waals surface area contributed by atoms with Crippen molar-refractivity contribution >= 4 is 11.7 Å². The number of anilines is 1. The number of aryl methyl sites for hydroxylation is 1. The monoisotopic (exact) mass is 415 g/mol. The number of benzene rings is 1. The van der Waals surface area contributed by atoms with Crippen LogP contribution in [0.25, 0.3) is 0 Å². The molecule has 0 saturated heterocycles. The standard InChI is InChI=1S/C21H20F3N5O/c1-20(21(23,24)11-28-19(26)30-20)15-8-14(5-6-16(15)22)29-17-4-2-3-13-7-12(9-25)10-27-18(13)17/h5-8,10,17,29H,2-4,11H2,1H3,(H2,26,28)/t17?,20-/m1/s1. The Kier molecular flexibility index (Phi) is 4.80. The van der Waals surface area contributed by atoms with Crippen molar-refractivity contribution in [2.24, 2.45) is 10.7 Å². The van der Waals surface area contributed by atoms with Crippen LogP contribution >= 0.6 is 0 Å². The molecule has 1 aromatic carbocycles. The summed E-state index contributed by atoms with van der Waals surface area (Å²) in [4.78, 5) is 7.85. The Hall–Kier alpha value is -3.28. The van der Waals surface area contributed by atoms with Gasteiger partial charge in [-0.25, -0.2) is 9.38 Å². The third-order valence-corrected chi connectivity index (χ3v) is 5.66. The van der Waals surface area contributed by atoms with Crippen molar-refractivity contribution in [3.8, 4) is 6.07 Å². The van der Waals surface area contributed by atoms with Crippen LogP contribution in [-0.4, -0.2) is 23.5 Å². The summed E-state index contributed by atoms with van der Waals surface area (Å²) < 4.78 is 49.0. The maximum atomic E-state index is 14.6. The normalized spacial score (nSPS) is 24.8. The van der Waals surface area contributed by atoms with Gasteiger partial charge in [-0.15, -0.1) is 0 Å². The van der Waals surface area contributed by atoms with E-state index in [0.717, 1.165) is 43.5 Å². The van der Waals surface area contributed by atoms with Crippen molar-refractivity contribution in [3.05, 3.63) is 58.7 Å². The van der Waals surface area contributed by atoms with Gasteiger partial charge in [-0.1, -0.05) is 0 Å². The van der Waals surface area contributed by atoms with E-state index in [-0.39, 0.29) is 11.6 Å². The van der Waals surface area contributed by atoms with E-state index in [1.165, 1.54) is 18.3 Å². The molecule has 1 aliphatic heterocycles. The second-order valence-electron chi connectivity index (χ2n) is 7.66. The molecule has 156 valence electrons. The minimum atomic E-state index is -3.44. The minimum absolute atomic E-state index is 0.188. The molecular weight excluding hydrogens is 395 g/mol. The highest BCUT2D eigenvalue weighted by Crippen LogP contribution is 2.45. The first-order chi connectivity index (χ1) is 14.2. The molecule has 1 aromatic heterocycles. The molecule has 30 heavy (non-hydrogen) atoms. The molecule has 4 rings (SSSR count). The van der Waals surface area contributed by atoms with Gasteiger partial charge in [0.25, 0.3) is 6.02 Å². The lowest BCUT2D eigenvalue weighted by atomic mass is 9.87. The smallest absolute Gasteiger partial charge is 0.310 e. The second kappa shape index (κ2) is 7.20. The van der Waals surface area contributed by atoms with E-state index in [2.05, 4.69) is 21.4 Å². The van der Waals surface area contributed by atoms with Crippen molar-refractivity contribution < 1.29 is 17.9 Å². The molecule has 2 aromatic rings. The summed E-state index contributed by atoms with van der Waals surface area (Å²) in [5.41, 5.74) is 5.63. The predicted molar refractivity (Wildman–Crippen MR) is 105 cm³/mol. The zero-order chi connectivity index (χ0) is 21.5. The van der Waals surface area contributed by atoms with E-state index in [4.69, 9.17) is 15.7 Å². The largest absolute Gasteiger partial charge is 0.448 e. The van der Waals surface area contributed by atoms with Gasteiger partial charge in [-0.3, -0.25) is 4.98 Å². The molecule has 0 saturated carbocycles. The average molecular weight is 415 g/mol. The first-order valence-electron chi connectivity index (χ1n) is 9.56. The molecule has 3 N–H and O–H groups in total. The Morgan fingerprint density at radius 2 is 2.13 bits per heavy atom. The molecule has 0 amide bonds. The average Bonchev–Trinajstić information content (AvgIpc) is 2.72. The summed E-state index contributed by atoms with van der Waals surface area (Å²) in [5, 5.41) is 12.3. The SMILES string of the molecule is C[C@]1(c2cc(NC3CCCc4cc(C#N)cnc43)ccc2F)OC(N)=NCC1(F)F. The number of alkyl halides is 2. The molecule has 2 atom stereocenters. The van der Waals surface area contributed by atoms with E-state index in [9.17, 15) is 13.2 Å². The van der Waals surface area contributed by atoms with Crippen LogP contribution < -0.4 is 11.1 Å². The summed E-state index contributed by atoms with van der Waals surface area (Å²) in [6.07, 6.45) is 3.96. The number of pyridine rings is 1. The highest BCUT2D eigenvalue weighted by atomic mass is 19.3. The predicted octanol–water partition coefficient (Wildman–Crippen LogP) is 3.78. The van der Waals surface area contributed by atoms with Crippen LogP contribution in [0.1, 0.15) is 48.2 Å². The number of rotatable bonds is 3. The van der Waals surface area contributed by atoms with Crippen molar-refractivity contribution in [2.45, 2.75) is 43.8 Å². The molecule has 2 heterocycles. The lowest BCUT2D eigenvalue weighted by Gasteiger charge is -2.39. The van der Waals surface area contributed by atoms with Gasteiger partial charge in [0.05, 0.1) is 17.3 Å². The number of aliphatic imine (C=N–C) groups is 1. The summed E-state index contributed by atoms with van der Waals surface area (Å²) in [7, 11) is 0. The van der Waals surface area contributed by atoms with Crippen molar-refractivity contribution in [2.75, 3.05) is 11.9 Å². The molecule has 0 fully saturated rings. The fourth-order valence-electron chi connectivity index (χ4n) is 3.95. The van der Waals surface area contributed by atoms with Gasteiger partial charge in [0.15, 0.2) is 0 Å². The van der Waals surface area contributed by atoms with Crippen LogP contribution in [0, 0.1) is 17.1 Å². The van der Waals surface area contributed by atoms with E-state index >= 15 is 0 Å². The highest BCUT2D eigenvalue weighted by Gasteiger charge is 2.57. The lowest BCUT2D eigenvalue weighted by molar-refractivity contribution is -0.173. The van der Waals surface area contributed by atoms with Crippen LogP contribution in [0.2, 0.25) is 0 Å². The summed E-state index contributed by atoms with van der Waals surface area (Å²) in [5.74, 6) is -4.26. The number of ether oxygens (including phenoxy) is 1. The zero-order valence-corrected chi connectivity index (χ0v) is 16.3. The number of nitrogens with two attached hydrogens (primary N) is 1. The second-order valence-corrected chi connectivity index (χ2v) is 7.66. The van der Waals surface area contributed by atoms with Crippen LogP contribution in [0.15, 0.2) is 35.5 Å². The van der Waals surface area contributed by atoms with E-state index < -0.39 is 29.9 Å². The number of nitrogens with one attached hydrogen (secondary N) is 1. The van der Waals surface area contributed by atoms with Crippen LogP contribution in [0.5, 0.6) is 0 Å². The number of fused-ring (bicyclic) bond motifs is 1. The van der Waals surface area contributed by atoms with Gasteiger partial charge in [0.1, 0.15) is 18.4 Å². The van der Waals surface area contributed by atoms with Gasteiger partial charge in [0.2, 0.25) is 5.60 Å². The first-order valence-corrected chi connectivity index (χ1v) is 9.56. The molecule has 0 spiro atoms. The number of amidine groups is 1. The molecule has 0 radical (unpaired) electrons. The molecule has 6 nitrogen and oxygen atoms in total. The Labute approximate surface area is 171 Å². The number of nitriles is 1. The summed E-state index contributed by atoms with van der Waals surface area (Å²) in [6, 6.07) is 7.23. The molecule has 0 bridgehead atoms. The quantitative estimate of drug-likeness (QED) is 0.795. The molecule has 1 unspecified atom stereocenters. The maximum absolute atomic E-state index is 14.6. The molecule has 2 aliphatic rings. The van der Waals surface area contributed by atoms with E-state index in [1.807, 2.05) is 6.07 Å².